The number of hydrogen-bond donors (Lipinski definition) is 1. The number of amides is 1. The van der Waals surface area contributed by atoms with Gasteiger partial charge in [0.25, 0.3) is 0 Å². The summed E-state index contributed by atoms with van der Waals surface area (Å²) in [7, 11) is -1.84. The Labute approximate surface area is 130 Å². The molecule has 1 aliphatic heterocycles. The molecule has 1 aliphatic rings. The number of piperazine rings is 1. The maximum Gasteiger partial charge on any atom is 0.246 e. The topological polar surface area (TPSA) is 95.8 Å². The Bertz CT molecular complexity index is 627. The predicted molar refractivity (Wildman–Crippen MR) is 79.8 cm³/mol. The average molecular weight is 330 g/mol. The standard InChI is InChI=1S/C13H22N4O4S/c1-9-12(11(3)21-14-9)22(19,20)15-10(2)13(18)17-7-5-16(4)6-8-17/h10,15H,5-8H2,1-4H3/t10-/m0/s1. The highest BCUT2D eigenvalue weighted by molar-refractivity contribution is 7.89. The molecule has 1 saturated heterocycles. The van der Waals surface area contributed by atoms with Gasteiger partial charge in [-0.05, 0) is 27.8 Å². The summed E-state index contributed by atoms with van der Waals surface area (Å²) in [6, 6.07) is -0.831. The van der Waals surface area contributed by atoms with E-state index in [1.807, 2.05) is 7.05 Å². The first kappa shape index (κ1) is 16.9. The third-order valence-electron chi connectivity index (χ3n) is 3.75. The van der Waals surface area contributed by atoms with E-state index in [0.717, 1.165) is 13.1 Å². The minimum atomic E-state index is -3.84. The Kier molecular flexibility index (Phi) is 4.88. The molecule has 0 unspecified atom stereocenters. The van der Waals surface area contributed by atoms with E-state index in [4.69, 9.17) is 4.52 Å². The van der Waals surface area contributed by atoms with Crippen molar-refractivity contribution in [1.82, 2.24) is 19.7 Å². The number of aryl methyl sites for hydroxylation is 2. The van der Waals surface area contributed by atoms with Gasteiger partial charge in [-0.1, -0.05) is 5.16 Å². The molecule has 1 amide bonds. The molecule has 2 rings (SSSR count). The van der Waals surface area contributed by atoms with Crippen molar-refractivity contribution in [2.75, 3.05) is 33.2 Å². The molecule has 0 spiro atoms. The first-order valence-corrected chi connectivity index (χ1v) is 8.63. The van der Waals surface area contributed by atoms with Gasteiger partial charge in [-0.3, -0.25) is 4.79 Å². The van der Waals surface area contributed by atoms with Gasteiger partial charge in [0.1, 0.15) is 10.6 Å². The first-order chi connectivity index (χ1) is 10.2. The van der Waals surface area contributed by atoms with Crippen molar-refractivity contribution in [1.29, 1.82) is 0 Å². The van der Waals surface area contributed by atoms with Gasteiger partial charge < -0.3 is 14.3 Å². The number of nitrogens with zero attached hydrogens (tertiary/aromatic N) is 3. The summed E-state index contributed by atoms with van der Waals surface area (Å²) in [5.74, 6) is -0.00678. The van der Waals surface area contributed by atoms with E-state index in [1.165, 1.54) is 6.92 Å². The highest BCUT2D eigenvalue weighted by Gasteiger charge is 2.30. The highest BCUT2D eigenvalue weighted by atomic mass is 32.2. The van der Waals surface area contributed by atoms with Crippen LogP contribution in [0.15, 0.2) is 9.42 Å². The molecule has 1 N–H and O–H groups in total. The number of nitrogens with one attached hydrogen (secondary N) is 1. The Morgan fingerprint density at radius 1 is 1.27 bits per heavy atom. The fraction of sp³-hybridized carbons (Fsp3) is 0.692. The van der Waals surface area contributed by atoms with E-state index >= 15 is 0 Å². The maximum absolute atomic E-state index is 12.4. The lowest BCUT2D eigenvalue weighted by molar-refractivity contribution is -0.134. The molecular formula is C13H22N4O4S. The van der Waals surface area contributed by atoms with E-state index < -0.39 is 16.1 Å². The van der Waals surface area contributed by atoms with Crippen LogP contribution in [0, 0.1) is 13.8 Å². The zero-order valence-corrected chi connectivity index (χ0v) is 14.1. The van der Waals surface area contributed by atoms with Crippen LogP contribution in [0.5, 0.6) is 0 Å². The minimum Gasteiger partial charge on any atom is -0.360 e. The van der Waals surface area contributed by atoms with Gasteiger partial charge in [0, 0.05) is 26.2 Å². The van der Waals surface area contributed by atoms with E-state index in [0.29, 0.717) is 13.1 Å². The second-order valence-electron chi connectivity index (χ2n) is 5.62. The van der Waals surface area contributed by atoms with E-state index in [2.05, 4.69) is 14.8 Å². The van der Waals surface area contributed by atoms with Crippen molar-refractivity contribution < 1.29 is 17.7 Å². The SMILES string of the molecule is Cc1noc(C)c1S(=O)(=O)N[C@@H](C)C(=O)N1CCN(C)CC1. The van der Waals surface area contributed by atoms with Gasteiger partial charge in [0.2, 0.25) is 15.9 Å². The summed E-state index contributed by atoms with van der Waals surface area (Å²) in [4.78, 5) is 16.2. The predicted octanol–water partition coefficient (Wildman–Crippen LogP) is -0.268. The number of hydrogen-bond acceptors (Lipinski definition) is 6. The minimum absolute atomic E-state index is 0.00512. The Morgan fingerprint density at radius 3 is 2.36 bits per heavy atom. The number of carbonyl (C=O) groups is 1. The van der Waals surface area contributed by atoms with Crippen molar-refractivity contribution in [3.05, 3.63) is 11.5 Å². The Balaban J connectivity index is 2.08. The van der Waals surface area contributed by atoms with Crippen LogP contribution in [-0.4, -0.2) is 68.5 Å². The van der Waals surface area contributed by atoms with Crippen LogP contribution in [0.25, 0.3) is 0 Å². The molecule has 22 heavy (non-hydrogen) atoms. The molecular weight excluding hydrogens is 308 g/mol. The lowest BCUT2D eigenvalue weighted by atomic mass is 10.2. The number of aromatic nitrogens is 1. The molecule has 0 aliphatic carbocycles. The fourth-order valence-electron chi connectivity index (χ4n) is 2.50. The molecule has 124 valence electrons. The van der Waals surface area contributed by atoms with E-state index in [9.17, 15) is 13.2 Å². The van der Waals surface area contributed by atoms with Crippen LogP contribution < -0.4 is 4.72 Å². The Morgan fingerprint density at radius 2 is 1.86 bits per heavy atom. The largest absolute Gasteiger partial charge is 0.360 e. The summed E-state index contributed by atoms with van der Waals surface area (Å²) >= 11 is 0. The van der Waals surface area contributed by atoms with Crippen molar-refractivity contribution in [3.8, 4) is 0 Å². The van der Waals surface area contributed by atoms with Crippen molar-refractivity contribution in [2.24, 2.45) is 0 Å². The summed E-state index contributed by atoms with van der Waals surface area (Å²) in [6.07, 6.45) is 0. The van der Waals surface area contributed by atoms with Crippen LogP contribution >= 0.6 is 0 Å². The average Bonchev–Trinajstić information content (AvgIpc) is 2.78. The summed E-state index contributed by atoms with van der Waals surface area (Å²) < 4.78 is 32.1. The molecule has 2 heterocycles. The summed E-state index contributed by atoms with van der Waals surface area (Å²) in [6.45, 7) is 7.42. The van der Waals surface area contributed by atoms with Crippen LogP contribution in [0.2, 0.25) is 0 Å². The molecule has 0 saturated carbocycles. The van der Waals surface area contributed by atoms with Gasteiger partial charge in [-0.25, -0.2) is 8.42 Å². The van der Waals surface area contributed by atoms with E-state index in [1.54, 1.807) is 18.7 Å². The first-order valence-electron chi connectivity index (χ1n) is 7.15. The molecule has 0 aromatic carbocycles. The van der Waals surface area contributed by atoms with Gasteiger partial charge in [-0.2, -0.15) is 4.72 Å². The summed E-state index contributed by atoms with van der Waals surface area (Å²) in [5.41, 5.74) is 0.282. The lowest BCUT2D eigenvalue weighted by Crippen LogP contribution is -2.53. The summed E-state index contributed by atoms with van der Waals surface area (Å²) in [5, 5.41) is 3.64. The zero-order valence-electron chi connectivity index (χ0n) is 13.3. The number of sulfonamides is 1. The van der Waals surface area contributed by atoms with E-state index in [-0.39, 0.29) is 22.3 Å². The van der Waals surface area contributed by atoms with Crippen molar-refractivity contribution in [2.45, 2.75) is 31.7 Å². The molecule has 1 aromatic heterocycles. The third-order valence-corrected chi connectivity index (χ3v) is 5.54. The Hall–Kier alpha value is -1.45. The molecule has 8 nitrogen and oxygen atoms in total. The second-order valence-corrected chi connectivity index (χ2v) is 7.28. The van der Waals surface area contributed by atoms with Crippen molar-refractivity contribution in [3.63, 3.8) is 0 Å². The number of rotatable bonds is 4. The smallest absolute Gasteiger partial charge is 0.246 e. The van der Waals surface area contributed by atoms with Crippen LogP contribution in [-0.2, 0) is 14.8 Å². The van der Waals surface area contributed by atoms with Crippen molar-refractivity contribution >= 4 is 15.9 Å². The number of likely N-dealkylation sites (N-methyl/N-ethyl adjacent to an activating group) is 1. The molecule has 1 aromatic rings. The van der Waals surface area contributed by atoms with Crippen LogP contribution in [0.4, 0.5) is 0 Å². The number of carbonyl (C=O) groups excluding carboxylic acids is 1. The molecule has 1 fully saturated rings. The van der Waals surface area contributed by atoms with Gasteiger partial charge in [0.15, 0.2) is 5.76 Å². The second kappa shape index (κ2) is 6.35. The lowest BCUT2D eigenvalue weighted by Gasteiger charge is -2.34. The van der Waals surface area contributed by atoms with Gasteiger partial charge in [0.05, 0.1) is 6.04 Å². The normalized spacial score (nSPS) is 18.5. The van der Waals surface area contributed by atoms with Crippen LogP contribution in [0.1, 0.15) is 18.4 Å². The molecule has 1 atom stereocenters. The highest BCUT2D eigenvalue weighted by Crippen LogP contribution is 2.19. The monoisotopic (exact) mass is 330 g/mol. The molecule has 0 radical (unpaired) electrons. The van der Waals surface area contributed by atoms with Gasteiger partial charge >= 0.3 is 0 Å². The molecule has 9 heteroatoms. The zero-order chi connectivity index (χ0) is 16.5. The maximum atomic E-state index is 12.4. The third kappa shape index (κ3) is 3.47. The molecule has 0 bridgehead atoms. The quantitative estimate of drug-likeness (QED) is 0.817. The fourth-order valence-corrected chi connectivity index (χ4v) is 4.03. The van der Waals surface area contributed by atoms with Crippen LogP contribution in [0.3, 0.4) is 0 Å². The van der Waals surface area contributed by atoms with Gasteiger partial charge in [-0.15, -0.1) is 0 Å².